The van der Waals surface area contributed by atoms with Crippen LogP contribution in [-0.2, 0) is 19.0 Å². The predicted octanol–water partition coefficient (Wildman–Crippen LogP) is 4.38. The molecule has 2 atom stereocenters. The quantitative estimate of drug-likeness (QED) is 0.148. The Kier molecular flexibility index (Phi) is 11.0. The average Bonchev–Trinajstić information content (AvgIpc) is 3.36. The largest absolute Gasteiger partial charge is 0.430 e. The minimum absolute atomic E-state index is 0.0907. The maximum Gasteiger partial charge on any atom is 0.332 e. The van der Waals surface area contributed by atoms with E-state index in [1.807, 2.05) is 0 Å². The first-order valence-corrected chi connectivity index (χ1v) is 8.84. The summed E-state index contributed by atoms with van der Waals surface area (Å²) in [7, 11) is 0. The van der Waals surface area contributed by atoms with Crippen LogP contribution < -0.4 is 0 Å². The molecule has 2 unspecified atom stereocenters. The van der Waals surface area contributed by atoms with Crippen LogP contribution in [0.5, 0.6) is 0 Å². The number of carbonyl (C=O) groups is 1. The number of unbranched alkanes of at least 4 members (excludes halogenated alkanes) is 9. The topological polar surface area (TPSA) is 48.1 Å². The normalized spacial score (nSPS) is 18.0. The summed E-state index contributed by atoms with van der Waals surface area (Å²) < 4.78 is 15.8. The van der Waals surface area contributed by atoms with Gasteiger partial charge in [0.2, 0.25) is 6.29 Å². The molecule has 0 aromatic carbocycles. The average molecular weight is 312 g/mol. The van der Waals surface area contributed by atoms with Crippen molar-refractivity contribution < 1.29 is 19.0 Å². The molecule has 4 nitrogen and oxygen atoms in total. The summed E-state index contributed by atoms with van der Waals surface area (Å²) in [4.78, 5) is 11.2. The fourth-order valence-electron chi connectivity index (χ4n) is 2.38. The van der Waals surface area contributed by atoms with Gasteiger partial charge in [-0.2, -0.15) is 0 Å². The molecular weight excluding hydrogens is 280 g/mol. The monoisotopic (exact) mass is 312 g/mol. The van der Waals surface area contributed by atoms with Crippen molar-refractivity contribution >= 4 is 5.97 Å². The summed E-state index contributed by atoms with van der Waals surface area (Å²) in [6, 6.07) is 0. The Morgan fingerprint density at radius 3 is 2.18 bits per heavy atom. The van der Waals surface area contributed by atoms with Gasteiger partial charge in [-0.05, 0) is 6.42 Å². The molecule has 0 aromatic rings. The van der Waals surface area contributed by atoms with Gasteiger partial charge in [0.25, 0.3) is 0 Å². The first kappa shape index (κ1) is 19.2. The van der Waals surface area contributed by atoms with Crippen LogP contribution in [-0.4, -0.2) is 31.6 Å². The molecule has 128 valence electrons. The van der Waals surface area contributed by atoms with Gasteiger partial charge in [-0.1, -0.05) is 71.3 Å². The van der Waals surface area contributed by atoms with E-state index in [4.69, 9.17) is 14.2 Å². The highest BCUT2D eigenvalue weighted by Crippen LogP contribution is 2.19. The van der Waals surface area contributed by atoms with Crippen LogP contribution in [0.3, 0.4) is 0 Å². The van der Waals surface area contributed by atoms with E-state index >= 15 is 0 Å². The molecule has 1 aliphatic rings. The molecule has 0 radical (unpaired) electrons. The maximum absolute atomic E-state index is 11.2. The van der Waals surface area contributed by atoms with Gasteiger partial charge >= 0.3 is 5.97 Å². The molecule has 1 rings (SSSR count). The fourth-order valence-corrected chi connectivity index (χ4v) is 2.38. The minimum atomic E-state index is -0.566. The SMILES string of the molecule is C=CC(=O)OC(OCCCCCCCCCCCC)C1CO1. The van der Waals surface area contributed by atoms with Crippen LogP contribution >= 0.6 is 0 Å². The second-order valence-corrected chi connectivity index (χ2v) is 5.93. The zero-order valence-corrected chi connectivity index (χ0v) is 14.1. The molecule has 0 aromatic heterocycles. The standard InChI is InChI=1S/C18H32O4/c1-3-5-6-7-8-9-10-11-12-13-14-20-18(16-15-21-16)22-17(19)4-2/h4,16,18H,2-3,5-15H2,1H3. The maximum atomic E-state index is 11.2. The molecule has 0 N–H and O–H groups in total. The van der Waals surface area contributed by atoms with Gasteiger partial charge in [0.1, 0.15) is 6.10 Å². The Labute approximate surface area is 135 Å². The van der Waals surface area contributed by atoms with Crippen LogP contribution in [0.4, 0.5) is 0 Å². The van der Waals surface area contributed by atoms with E-state index in [9.17, 15) is 4.79 Å². The lowest BCUT2D eigenvalue weighted by atomic mass is 10.1. The minimum Gasteiger partial charge on any atom is -0.430 e. The van der Waals surface area contributed by atoms with Crippen molar-refractivity contribution in [3.63, 3.8) is 0 Å². The van der Waals surface area contributed by atoms with Crippen LogP contribution in [0.1, 0.15) is 71.1 Å². The smallest absolute Gasteiger partial charge is 0.332 e. The Morgan fingerprint density at radius 2 is 1.68 bits per heavy atom. The van der Waals surface area contributed by atoms with Gasteiger partial charge in [-0.25, -0.2) is 4.79 Å². The molecule has 4 heteroatoms. The van der Waals surface area contributed by atoms with E-state index in [2.05, 4.69) is 13.5 Å². The second kappa shape index (κ2) is 12.7. The molecule has 1 saturated heterocycles. The van der Waals surface area contributed by atoms with E-state index in [0.29, 0.717) is 13.2 Å². The fraction of sp³-hybridized carbons (Fsp3) is 0.833. The lowest BCUT2D eigenvalue weighted by Crippen LogP contribution is -2.26. The van der Waals surface area contributed by atoms with Gasteiger partial charge in [-0.3, -0.25) is 0 Å². The number of hydrogen-bond acceptors (Lipinski definition) is 4. The first-order valence-electron chi connectivity index (χ1n) is 8.84. The van der Waals surface area contributed by atoms with Crippen molar-refractivity contribution in [1.29, 1.82) is 0 Å². The Bertz CT molecular complexity index is 299. The molecule has 1 heterocycles. The third-order valence-corrected chi connectivity index (χ3v) is 3.84. The highest BCUT2D eigenvalue weighted by molar-refractivity contribution is 5.81. The van der Waals surface area contributed by atoms with Crippen LogP contribution in [0.15, 0.2) is 12.7 Å². The summed E-state index contributed by atoms with van der Waals surface area (Å²) in [5.41, 5.74) is 0. The van der Waals surface area contributed by atoms with Gasteiger partial charge in [0.15, 0.2) is 0 Å². The lowest BCUT2D eigenvalue weighted by Gasteiger charge is -2.15. The molecule has 22 heavy (non-hydrogen) atoms. The number of hydrogen-bond donors (Lipinski definition) is 0. The van der Waals surface area contributed by atoms with Crippen molar-refractivity contribution in [1.82, 2.24) is 0 Å². The Balaban J connectivity index is 1.89. The summed E-state index contributed by atoms with van der Waals surface area (Å²) in [5, 5.41) is 0. The van der Waals surface area contributed by atoms with E-state index in [1.54, 1.807) is 0 Å². The van der Waals surface area contributed by atoms with Crippen LogP contribution in [0.2, 0.25) is 0 Å². The van der Waals surface area contributed by atoms with E-state index in [-0.39, 0.29) is 6.10 Å². The van der Waals surface area contributed by atoms with Crippen molar-refractivity contribution in [3.05, 3.63) is 12.7 Å². The third kappa shape index (κ3) is 9.96. The number of carbonyl (C=O) groups excluding carboxylic acids is 1. The van der Waals surface area contributed by atoms with E-state index in [0.717, 1.165) is 12.5 Å². The Hall–Kier alpha value is -0.870. The highest BCUT2D eigenvalue weighted by atomic mass is 16.7. The molecule has 0 saturated carbocycles. The molecule has 1 aliphatic heterocycles. The van der Waals surface area contributed by atoms with Crippen molar-refractivity contribution in [2.75, 3.05) is 13.2 Å². The molecular formula is C18H32O4. The zero-order chi connectivity index (χ0) is 16.0. The summed E-state index contributed by atoms with van der Waals surface area (Å²) >= 11 is 0. The third-order valence-electron chi connectivity index (χ3n) is 3.84. The number of esters is 1. The lowest BCUT2D eigenvalue weighted by molar-refractivity contribution is -0.177. The molecule has 0 spiro atoms. The number of ether oxygens (including phenoxy) is 3. The highest BCUT2D eigenvalue weighted by Gasteiger charge is 2.36. The van der Waals surface area contributed by atoms with Crippen molar-refractivity contribution in [2.45, 2.75) is 83.5 Å². The summed E-state index contributed by atoms with van der Waals surface area (Å²) in [6.07, 6.45) is 13.4. The van der Waals surface area contributed by atoms with Crippen LogP contribution in [0.25, 0.3) is 0 Å². The molecule has 0 aliphatic carbocycles. The number of rotatable bonds is 15. The Morgan fingerprint density at radius 1 is 1.14 bits per heavy atom. The van der Waals surface area contributed by atoms with Crippen LogP contribution in [0, 0.1) is 0 Å². The summed E-state index contributed by atoms with van der Waals surface area (Å²) in [5.74, 6) is -0.455. The number of epoxide rings is 1. The molecule has 0 amide bonds. The van der Waals surface area contributed by atoms with Crippen molar-refractivity contribution in [2.24, 2.45) is 0 Å². The summed E-state index contributed by atoms with van der Waals surface area (Å²) in [6.45, 7) is 6.86. The zero-order valence-electron chi connectivity index (χ0n) is 14.1. The second-order valence-electron chi connectivity index (χ2n) is 5.93. The van der Waals surface area contributed by atoms with Gasteiger partial charge in [-0.15, -0.1) is 0 Å². The van der Waals surface area contributed by atoms with Gasteiger partial charge in [0, 0.05) is 6.08 Å². The first-order chi connectivity index (χ1) is 10.8. The van der Waals surface area contributed by atoms with Gasteiger partial charge < -0.3 is 14.2 Å². The van der Waals surface area contributed by atoms with E-state index < -0.39 is 12.3 Å². The van der Waals surface area contributed by atoms with Gasteiger partial charge in [0.05, 0.1) is 13.2 Å². The predicted molar refractivity (Wildman–Crippen MR) is 87.6 cm³/mol. The molecule has 1 fully saturated rings. The van der Waals surface area contributed by atoms with Crippen molar-refractivity contribution in [3.8, 4) is 0 Å². The molecule has 0 bridgehead atoms. The van der Waals surface area contributed by atoms with E-state index in [1.165, 1.54) is 57.8 Å².